The maximum Gasteiger partial charge on any atom is 0.416 e. The van der Waals surface area contributed by atoms with E-state index in [9.17, 15) is 127 Å². The standard InChI is InChI=1S/C20H8Cl2F9N5O.C15H5Cl3F3N3O.C13H10Cl2F7N5O2S2.C13H10Cl2F3N3O2S/c21-13-4-10(20(29,30)31)5-14(22)16(13)36-15(6-12(7-32)35-36)34-17(37)33-11-2-8(18(23,24)25)1-9(3-11)19(26,27)28;16-10-3-7(15(19,20)21)4-11(17)13(10)24-6-9(12(5-22)23-24)8-1-2-25-14(8)18;1-30(28,29)26(5-10(16)17)12-9(4-23)25-27(13(12)24)11-7(14)2-6(3-8(11)15)31(18,19,20,21)22;1-5(22)9-11(24(2)23)12(19)21(20-9)10-7(14)3-6(4-8(10)15)13(16,17)18/h1-6H,(H2,33,34,37);1-4,6H;2-3,10H,5,24H2,1H3;3-4H,19H2,1-2H3. The van der Waals surface area contributed by atoms with Gasteiger partial charge in [-0.1, -0.05) is 112 Å². The van der Waals surface area contributed by atoms with Crippen LogP contribution in [0.2, 0.25) is 45.4 Å². The number of nitriles is 3. The molecule has 6 N–H and O–H groups in total. The number of carbonyl (C=O) groups excluding carboxylic acids is 2. The molecule has 56 heteroatoms. The molecule has 0 saturated carbocycles. The first-order valence-corrected chi connectivity index (χ1v) is 38.3. The molecular weight excluding hydrogens is 1890 g/mol. The Bertz CT molecular complexity index is 5770. The molecule has 10 aromatic rings. The monoisotopic (exact) mass is 1910 g/mol. The Hall–Kier alpha value is -9.45. The summed E-state index contributed by atoms with van der Waals surface area (Å²) in [6.45, 7) is -0.244. The van der Waals surface area contributed by atoms with E-state index in [1.54, 1.807) is 11.4 Å². The van der Waals surface area contributed by atoms with Gasteiger partial charge in [0.15, 0.2) is 28.7 Å². The Morgan fingerprint density at radius 2 is 0.966 bits per heavy atom. The SMILES string of the molecule is CC(=O)c1nn(-c2c(Cl)cc(C(F)(F)F)cc2Cl)c(N)c1S(C)=O.CS(=O)(=O)N(CC(F)F)c1c(C#N)nn(-c2c(Cl)cc(S(F)(F)(F)(F)F)cc2Cl)c1N.N#Cc1cc(NC(=O)Nc2cc(C(F)(F)F)cc(C(F)(F)F)c2)n(-c2c(Cl)cc(C(F)(F)F)cc2Cl)n1.N#Cc1nn(-c2c(Cl)cc(C(F)(F)F)cc2Cl)cc1-c1ccoc1Cl. The number of ketones is 1. The number of amides is 2. The fourth-order valence-corrected chi connectivity index (χ4v) is 14.9. The lowest BCUT2D eigenvalue weighted by Gasteiger charge is -2.40. The number of Topliss-reactive ketones (excluding diaryl/α,β-unsaturated/α-hetero) is 1. The summed E-state index contributed by atoms with van der Waals surface area (Å²) in [5, 5.41) is 42.1. The van der Waals surface area contributed by atoms with E-state index in [-0.39, 0.29) is 93.4 Å². The lowest BCUT2D eigenvalue weighted by atomic mass is 10.1. The van der Waals surface area contributed by atoms with Crippen LogP contribution in [0.3, 0.4) is 0 Å². The number of benzene rings is 5. The summed E-state index contributed by atoms with van der Waals surface area (Å²) in [4.78, 5) is 21.6. The third-order valence-electron chi connectivity index (χ3n) is 14.4. The molecule has 0 spiro atoms. The Labute approximate surface area is 686 Å². The maximum absolute atomic E-state index is 13.1. The van der Waals surface area contributed by atoms with Crippen LogP contribution in [0.5, 0.6) is 0 Å². The molecule has 0 aliphatic carbocycles. The molecule has 117 heavy (non-hydrogen) atoms. The topological polar surface area (TPSA) is 320 Å². The van der Waals surface area contributed by atoms with Crippen molar-refractivity contribution in [2.24, 2.45) is 0 Å². The summed E-state index contributed by atoms with van der Waals surface area (Å²) in [6.07, 6.45) is -23.1. The first-order chi connectivity index (χ1) is 53.2. The van der Waals surface area contributed by atoms with E-state index in [2.05, 4.69) is 20.4 Å². The van der Waals surface area contributed by atoms with Gasteiger partial charge in [-0.2, -0.15) is 102 Å². The molecule has 5 heterocycles. The van der Waals surface area contributed by atoms with E-state index in [0.717, 1.165) is 27.6 Å². The number of furan rings is 1. The van der Waals surface area contributed by atoms with Crippen LogP contribution < -0.4 is 26.4 Å². The number of nitrogen functional groups attached to an aromatic ring is 2. The lowest BCUT2D eigenvalue weighted by molar-refractivity contribution is -0.143. The predicted molar refractivity (Wildman–Crippen MR) is 386 cm³/mol. The normalized spacial score (nSPS) is 13.0. The Morgan fingerprint density at radius 3 is 1.32 bits per heavy atom. The van der Waals surface area contributed by atoms with Crippen molar-refractivity contribution in [1.29, 1.82) is 15.8 Å². The fourth-order valence-electron chi connectivity index (χ4n) is 9.57. The second-order valence-electron chi connectivity index (χ2n) is 22.7. The van der Waals surface area contributed by atoms with Crippen LogP contribution in [0.1, 0.15) is 62.3 Å². The minimum Gasteiger partial charge on any atom is -0.452 e. The minimum atomic E-state index is -10.2. The highest BCUT2D eigenvalue weighted by Gasteiger charge is 2.66. The van der Waals surface area contributed by atoms with Gasteiger partial charge in [0.05, 0.1) is 97.9 Å². The summed E-state index contributed by atoms with van der Waals surface area (Å²) in [5.41, 5.74) is 1.26. The zero-order valence-electron chi connectivity index (χ0n) is 56.4. The number of anilines is 5. The van der Waals surface area contributed by atoms with Gasteiger partial charge in [-0.05, 0) is 84.4 Å². The summed E-state index contributed by atoms with van der Waals surface area (Å²) in [5.74, 6) is -1.98. The van der Waals surface area contributed by atoms with Crippen LogP contribution in [0.4, 0.5) is 128 Å². The predicted octanol–water partition coefficient (Wildman–Crippen LogP) is 22.8. The highest BCUT2D eigenvalue weighted by atomic mass is 35.5. The summed E-state index contributed by atoms with van der Waals surface area (Å²) < 4.78 is 329. The van der Waals surface area contributed by atoms with E-state index in [4.69, 9.17) is 126 Å². The number of hydrogen-bond donors (Lipinski definition) is 4. The van der Waals surface area contributed by atoms with Crippen molar-refractivity contribution >= 4 is 176 Å². The van der Waals surface area contributed by atoms with Crippen molar-refractivity contribution in [2.75, 3.05) is 45.5 Å². The van der Waals surface area contributed by atoms with E-state index >= 15 is 0 Å². The highest BCUT2D eigenvalue weighted by molar-refractivity contribution is 8.45. The number of halogens is 31. The number of rotatable bonds is 14. The fraction of sp³-hybridized carbons (Fsp3) is 0.164. The van der Waals surface area contributed by atoms with Crippen molar-refractivity contribution in [1.82, 2.24) is 39.1 Å². The summed E-state index contributed by atoms with van der Waals surface area (Å²) >= 11 is 52.8. The molecule has 1 unspecified atom stereocenters. The van der Waals surface area contributed by atoms with Crippen molar-refractivity contribution in [2.45, 2.75) is 54.0 Å². The van der Waals surface area contributed by atoms with Gasteiger partial charge in [0.25, 0.3) is 6.43 Å². The molecule has 5 aromatic heterocycles. The minimum absolute atomic E-state index is 0.0127. The van der Waals surface area contributed by atoms with Gasteiger partial charge in [-0.3, -0.25) is 18.6 Å². The molecule has 0 aliphatic rings. The molecule has 0 fully saturated rings. The van der Waals surface area contributed by atoms with Crippen molar-refractivity contribution in [3.8, 4) is 52.1 Å². The molecule has 0 bridgehead atoms. The number of carbonyl (C=O) groups is 2. The van der Waals surface area contributed by atoms with Crippen molar-refractivity contribution in [3.63, 3.8) is 0 Å². The summed E-state index contributed by atoms with van der Waals surface area (Å²) in [6, 6.07) is 9.70. The zero-order chi connectivity index (χ0) is 88.9. The van der Waals surface area contributed by atoms with E-state index in [0.29, 0.717) is 51.0 Å². The molecule has 5 aromatic carbocycles. The highest BCUT2D eigenvalue weighted by Crippen LogP contribution is 3.02. The molecule has 628 valence electrons. The molecule has 10 rings (SSSR count). The van der Waals surface area contributed by atoms with E-state index in [1.807, 2.05) is 11.4 Å². The molecule has 0 aliphatic heterocycles. The number of nitrogens with one attached hydrogen (secondary N) is 2. The average molecular weight is 1920 g/mol. The number of hydrogen-bond acceptors (Lipinski definition) is 15. The van der Waals surface area contributed by atoms with Crippen LogP contribution in [-0.4, -0.2) is 89.0 Å². The number of nitrogens with two attached hydrogens (primary N) is 2. The maximum atomic E-state index is 13.1. The molecule has 1 atom stereocenters. The quantitative estimate of drug-likeness (QED) is 0.0581. The third-order valence-corrected chi connectivity index (χ3v) is 20.3. The van der Waals surface area contributed by atoms with Gasteiger partial charge in [-0.25, -0.2) is 40.7 Å². The van der Waals surface area contributed by atoms with Crippen LogP contribution in [0.15, 0.2) is 106 Å². The molecule has 22 nitrogen and oxygen atoms in total. The van der Waals surface area contributed by atoms with Gasteiger partial charge in [0.1, 0.15) is 73.8 Å². The van der Waals surface area contributed by atoms with Crippen LogP contribution in [0.25, 0.3) is 33.9 Å². The van der Waals surface area contributed by atoms with E-state index < -0.39 is 185 Å². The Morgan fingerprint density at radius 1 is 0.564 bits per heavy atom. The Kier molecular flexibility index (Phi) is 27.3. The molecule has 0 radical (unpaired) electrons. The third kappa shape index (κ3) is 22.3. The Balaban J connectivity index is 0.000000219. The average Bonchev–Trinajstić information content (AvgIpc) is 1.01. The largest absolute Gasteiger partial charge is 0.452 e. The van der Waals surface area contributed by atoms with Crippen LogP contribution in [-0.2, 0) is 51.7 Å². The second-order valence-corrected chi connectivity index (χ2v) is 31.9. The van der Waals surface area contributed by atoms with Gasteiger partial charge < -0.3 is 21.2 Å². The van der Waals surface area contributed by atoms with Gasteiger partial charge >= 0.3 is 47.1 Å². The number of alkyl halides is 17. The van der Waals surface area contributed by atoms with Gasteiger partial charge in [0, 0.05) is 42.3 Å². The van der Waals surface area contributed by atoms with Crippen molar-refractivity contribution < 1.29 is 121 Å². The van der Waals surface area contributed by atoms with Gasteiger partial charge in [0.2, 0.25) is 15.2 Å². The first kappa shape index (κ1) is 94.7. The number of sulfonamides is 1. The van der Waals surface area contributed by atoms with Crippen molar-refractivity contribution in [3.05, 3.63) is 187 Å². The number of nitrogens with zero attached hydrogens (tertiary/aromatic N) is 12. The molecular formula is C61H33Cl9F22N16O6S3. The zero-order valence-corrected chi connectivity index (χ0v) is 65.6. The second kappa shape index (κ2) is 33.7. The van der Waals surface area contributed by atoms with Crippen LogP contribution in [0, 0.1) is 34.0 Å². The smallest absolute Gasteiger partial charge is 0.416 e. The first-order valence-electron chi connectivity index (χ1n) is 29.6. The molecule has 2 amide bonds. The molecule has 0 saturated heterocycles. The van der Waals surface area contributed by atoms with E-state index in [1.165, 1.54) is 37.8 Å². The summed E-state index contributed by atoms with van der Waals surface area (Å²) in [7, 11) is -16.3. The van der Waals surface area contributed by atoms with Crippen LogP contribution >= 0.6 is 115 Å². The van der Waals surface area contributed by atoms with Gasteiger partial charge in [-0.15, -0.1) is 0 Å². The number of aromatic nitrogens is 8. The lowest BCUT2D eigenvalue weighted by Crippen LogP contribution is -2.35. The number of urea groups is 1.